The predicted molar refractivity (Wildman–Crippen MR) is 455 cm³/mol. The van der Waals surface area contributed by atoms with E-state index in [2.05, 4.69) is 137 Å². The molecule has 2 heterocycles. The third-order valence-electron chi connectivity index (χ3n) is 38.4. The summed E-state index contributed by atoms with van der Waals surface area (Å²) in [5, 5.41) is 101. The lowest BCUT2D eigenvalue weighted by atomic mass is 9.44. The van der Waals surface area contributed by atoms with Gasteiger partial charge in [-0.15, -0.1) is 0 Å². The molecular weight excluding hydrogens is 1470 g/mol. The summed E-state index contributed by atoms with van der Waals surface area (Å²) in [4.78, 5) is 63.1. The molecule has 0 aromatic carbocycles. The minimum absolute atomic E-state index is 0.0291. The minimum Gasteiger partial charge on any atom is -0.393 e. The highest BCUT2D eigenvalue weighted by Crippen LogP contribution is 2.74. The van der Waals surface area contributed by atoms with E-state index >= 15 is 0 Å². The van der Waals surface area contributed by atoms with Crippen LogP contribution in [-0.4, -0.2) is 136 Å². The average molecular weight is 1610 g/mol. The van der Waals surface area contributed by atoms with Gasteiger partial charge in [0.25, 0.3) is 0 Å². The Kier molecular flexibility index (Phi) is 22.1. The molecule has 0 unspecified atom stereocenters. The number of aryl methyl sites for hydroxylation is 2. The standard InChI is InChI=1S/2C26H38N2O3.C25H38O3.C23H32O4/c1-6-22(30)26(31)9-8-18-17-10-15(3)19-11-20-16(14-28(7-2)27-20)12-24(19,4)23(17)21(29)13-25(18,26)5;1-6-22(30)26(31)9-8-18-17-10-15(3)19-11-20-16(14-27-28(20)7-2)12-24(19,4)23(17)21(29)13-25(18,26)5;1-6-16-8-10-23(4)19(13-16)15(3)12-17-18-9-11-25(28,21(27)7-2)24(18,5)14-20(26)22(17)23;1-5-19(26)23(27)9-7-16-15-10-13(2)17-11-14(24)6-8-21(17,3)20(15)18(25)12-22(16,23)4/h2*11,14-15,17-18,21,23,29,31H,6-10,12-13H2,1-5H3;6,13,15,17-18,20,22,26,28H,7-12,14H2,1-5H3;6,8,11,13,15-16,18,20,25,27H,5,7,9-10,12H2,1-4H3/b;;16-6+;/t2*15-,17-,18-,21-,23+,24-,25-,26-;15-,17-,18-,20-,22+,23-,24-,25-;13-,15-,16-,18-,20+,21-,22-,23-/m0000/s1. The molecule has 0 aliphatic heterocycles. The molecule has 8 N–H and O–H groups in total. The van der Waals surface area contributed by atoms with Gasteiger partial charge >= 0.3 is 0 Å². The van der Waals surface area contributed by atoms with E-state index in [4.69, 9.17) is 5.10 Å². The Hall–Kier alpha value is -5.11. The van der Waals surface area contributed by atoms with Crippen LogP contribution in [-0.2, 0) is 49.9 Å². The van der Waals surface area contributed by atoms with Crippen molar-refractivity contribution in [3.63, 3.8) is 0 Å². The maximum Gasteiger partial charge on any atom is 0.178 e. The topological polar surface area (TPSA) is 283 Å². The summed E-state index contributed by atoms with van der Waals surface area (Å²) in [5.41, 5.74) is 4.05. The van der Waals surface area contributed by atoms with E-state index < -0.39 is 68.5 Å². The van der Waals surface area contributed by atoms with Crippen molar-refractivity contribution in [2.24, 2.45) is 138 Å². The molecule has 0 saturated heterocycles. The van der Waals surface area contributed by atoms with E-state index in [0.717, 1.165) is 101 Å². The minimum atomic E-state index is -1.32. The molecule has 16 aliphatic carbocycles. The maximum atomic E-state index is 12.8. The first-order valence-electron chi connectivity index (χ1n) is 46.5. The number of carbonyl (C=O) groups is 5. The molecule has 17 nitrogen and oxygen atoms in total. The van der Waals surface area contributed by atoms with Gasteiger partial charge in [-0.05, 0) is 290 Å². The maximum absolute atomic E-state index is 12.8. The zero-order chi connectivity index (χ0) is 84.9. The second-order valence-electron chi connectivity index (χ2n) is 43.3. The number of Topliss-reactive ketones (excluding diaryl/α,β-unsaturated/α-hetero) is 4. The van der Waals surface area contributed by atoms with Crippen LogP contribution in [0.1, 0.15) is 295 Å². The summed E-state index contributed by atoms with van der Waals surface area (Å²) in [6.45, 7) is 42.1. The van der Waals surface area contributed by atoms with Gasteiger partial charge < -0.3 is 40.9 Å². The Morgan fingerprint density at radius 2 is 0.838 bits per heavy atom. The fourth-order valence-corrected chi connectivity index (χ4v) is 32.9. The monoisotopic (exact) mass is 1610 g/mol. The molecule has 17 heteroatoms. The zero-order valence-corrected chi connectivity index (χ0v) is 74.5. The van der Waals surface area contributed by atoms with Crippen molar-refractivity contribution in [3.05, 3.63) is 93.2 Å². The van der Waals surface area contributed by atoms with Crippen LogP contribution in [0.4, 0.5) is 0 Å². The highest BCUT2D eigenvalue weighted by atomic mass is 16.3. The van der Waals surface area contributed by atoms with Crippen molar-refractivity contribution in [3.8, 4) is 0 Å². The molecule has 0 bridgehead atoms. The van der Waals surface area contributed by atoms with Crippen molar-refractivity contribution < 1.29 is 64.8 Å². The molecule has 2 aromatic rings. The summed E-state index contributed by atoms with van der Waals surface area (Å²) < 4.78 is 4.11. The number of fused-ring (bicyclic) bond motifs is 22. The zero-order valence-electron chi connectivity index (χ0n) is 74.5. The summed E-state index contributed by atoms with van der Waals surface area (Å²) in [6, 6.07) is 0. The highest BCUT2D eigenvalue weighted by Gasteiger charge is 2.74. The van der Waals surface area contributed by atoms with E-state index in [1.807, 2.05) is 51.6 Å². The van der Waals surface area contributed by atoms with E-state index in [1.165, 1.54) is 39.1 Å². The first-order valence-corrected chi connectivity index (χ1v) is 46.5. The van der Waals surface area contributed by atoms with Gasteiger partial charge in [-0.25, -0.2) is 0 Å². The lowest BCUT2D eigenvalue weighted by Gasteiger charge is -2.62. The molecule has 0 amide bonds. The molecule has 18 rings (SSSR count). The third-order valence-corrected chi connectivity index (χ3v) is 38.4. The molecule has 2 aromatic heterocycles. The third kappa shape index (κ3) is 12.2. The largest absolute Gasteiger partial charge is 0.393 e. The van der Waals surface area contributed by atoms with E-state index in [0.29, 0.717) is 118 Å². The number of nitrogens with zero attached hydrogens (tertiary/aromatic N) is 4. The quantitative estimate of drug-likeness (QED) is 0.110. The van der Waals surface area contributed by atoms with E-state index in [1.54, 1.807) is 12.2 Å². The summed E-state index contributed by atoms with van der Waals surface area (Å²) >= 11 is 0. The lowest BCUT2D eigenvalue weighted by Crippen LogP contribution is -2.62. The van der Waals surface area contributed by atoms with Crippen LogP contribution in [0.25, 0.3) is 12.2 Å². The number of aliphatic hydroxyl groups excluding tert-OH is 4. The van der Waals surface area contributed by atoms with Crippen LogP contribution < -0.4 is 0 Å². The van der Waals surface area contributed by atoms with Gasteiger partial charge in [0.1, 0.15) is 22.4 Å². The average Bonchev–Trinajstić information content (AvgIpc) is 1.63. The Labute approximate surface area is 698 Å². The highest BCUT2D eigenvalue weighted by molar-refractivity contribution is 6.01. The van der Waals surface area contributed by atoms with Gasteiger partial charge in [0.2, 0.25) is 0 Å². The van der Waals surface area contributed by atoms with Crippen molar-refractivity contribution in [1.82, 2.24) is 19.6 Å². The number of ketones is 5. The molecule has 0 spiro atoms. The van der Waals surface area contributed by atoms with Gasteiger partial charge in [0.05, 0.1) is 42.0 Å². The molecule has 12 saturated carbocycles. The van der Waals surface area contributed by atoms with Crippen LogP contribution in [0, 0.1) is 138 Å². The number of aromatic nitrogens is 4. The number of hydrogen-bond donors (Lipinski definition) is 8. The fraction of sp³-hybridized carbons (Fsp3) is 0.770. The fourth-order valence-electron chi connectivity index (χ4n) is 32.9. The van der Waals surface area contributed by atoms with E-state index in [9.17, 15) is 64.8 Å². The summed E-state index contributed by atoms with van der Waals surface area (Å²) in [6.07, 6.45) is 34.0. The Morgan fingerprint density at radius 3 is 1.23 bits per heavy atom. The predicted octanol–water partition coefficient (Wildman–Crippen LogP) is 16.1. The molecule has 16 aliphatic rings. The second-order valence-corrected chi connectivity index (χ2v) is 43.3. The first kappa shape index (κ1) is 86.8. The van der Waals surface area contributed by atoms with Gasteiger partial charge in [0, 0.05) is 78.0 Å². The van der Waals surface area contributed by atoms with Crippen LogP contribution >= 0.6 is 0 Å². The van der Waals surface area contributed by atoms with Gasteiger partial charge in [-0.1, -0.05) is 157 Å². The summed E-state index contributed by atoms with van der Waals surface area (Å²) in [7, 11) is 0. The van der Waals surface area contributed by atoms with Crippen LogP contribution in [0.2, 0.25) is 0 Å². The van der Waals surface area contributed by atoms with Gasteiger partial charge in [0.15, 0.2) is 28.9 Å². The first-order chi connectivity index (χ1) is 54.9. The normalized spacial score (nSPS) is 48.6. The van der Waals surface area contributed by atoms with Crippen LogP contribution in [0.5, 0.6) is 0 Å². The van der Waals surface area contributed by atoms with Crippen molar-refractivity contribution in [2.45, 2.75) is 346 Å². The Bertz CT molecular complexity index is 4500. The molecule has 117 heavy (non-hydrogen) atoms. The molecule has 32 atom stereocenters. The van der Waals surface area contributed by atoms with Crippen molar-refractivity contribution in [2.75, 3.05) is 0 Å². The Morgan fingerprint density at radius 1 is 0.470 bits per heavy atom. The molecular formula is C100H146N4O13. The number of rotatable bonds is 10. The SMILES string of the molecule is C/C=C1/C=C2[C@@H](C)C[C@@H]3[C@H]([C@@H](O)C[C@@]4(C)[C@H]3CC[C@]4(O)C(=O)CC)[C@@]2(C)CC1.CCC(=O)[C@@]1(O)CC[C@H]2[C@@H]3C[C@H](C)C4=CC(=O)C=C[C@]4(C)[C@H]3[C@@H](O)C[C@@]21C.CCC(=O)[C@@]1(O)CC[C@H]2[C@@H]3C[C@H](C)C4=Cc5c(cnn5CC)C[C@]4(C)[C@H]3[C@@H](O)C[C@@]21C.CCC(=O)[C@@]1(O)CC[C@H]2[C@@H]3C[C@H](C)C4=Cc5nn(CC)cc5C[C@]4(C)[C@H]3[C@@H](O)C[C@@]21C. The van der Waals surface area contributed by atoms with E-state index in [-0.39, 0.29) is 104 Å². The number of carbonyl (C=O) groups excluding carboxylic acids is 5. The smallest absolute Gasteiger partial charge is 0.178 e. The van der Waals surface area contributed by atoms with Crippen molar-refractivity contribution in [1.29, 1.82) is 0 Å². The number of allylic oxidation sites excluding steroid dienone is 10. The van der Waals surface area contributed by atoms with Crippen LogP contribution in [0.3, 0.4) is 0 Å². The molecule has 12 fully saturated rings. The Balaban J connectivity index is 0.000000122. The number of hydrogen-bond acceptors (Lipinski definition) is 15. The molecule has 644 valence electrons. The van der Waals surface area contributed by atoms with Gasteiger partial charge in [-0.2, -0.15) is 10.2 Å². The lowest BCUT2D eigenvalue weighted by molar-refractivity contribution is -0.182. The van der Waals surface area contributed by atoms with Crippen molar-refractivity contribution >= 4 is 41.1 Å². The second kappa shape index (κ2) is 29.8. The summed E-state index contributed by atoms with van der Waals surface area (Å²) in [5.74, 6) is 4.38. The molecule has 0 radical (unpaired) electrons. The van der Waals surface area contributed by atoms with Crippen LogP contribution in [0.15, 0.2) is 70.6 Å². The number of aliphatic hydroxyl groups is 8. The van der Waals surface area contributed by atoms with Gasteiger partial charge in [-0.3, -0.25) is 33.3 Å².